The number of hydrogen-bond donors (Lipinski definition) is 1. The number of fused-ring (bicyclic) bond motifs is 1. The predicted molar refractivity (Wildman–Crippen MR) is 65.1 cm³/mol. The molecule has 0 radical (unpaired) electrons. The molecule has 1 aromatic carbocycles. The molecule has 1 aliphatic carbocycles. The van der Waals surface area contributed by atoms with E-state index < -0.39 is 0 Å². The highest BCUT2D eigenvalue weighted by Crippen LogP contribution is 2.53. The van der Waals surface area contributed by atoms with Crippen LogP contribution in [0.5, 0.6) is 11.5 Å². The fourth-order valence-corrected chi connectivity index (χ4v) is 3.09. The van der Waals surface area contributed by atoms with Gasteiger partial charge < -0.3 is 15.2 Å². The standard InChI is InChI=1S/C12H14BrNO2/c13-10-8(12(7-14)3-4-12)1-2-9-11(10)16-6-5-15-9/h1-2H,3-7,14H2. The molecule has 0 saturated heterocycles. The Balaban J connectivity index is 2.07. The van der Waals surface area contributed by atoms with Gasteiger partial charge in [0.05, 0.1) is 4.47 Å². The van der Waals surface area contributed by atoms with Crippen LogP contribution in [0.2, 0.25) is 0 Å². The molecule has 0 unspecified atom stereocenters. The van der Waals surface area contributed by atoms with E-state index in [0.29, 0.717) is 19.8 Å². The molecule has 1 aliphatic heterocycles. The van der Waals surface area contributed by atoms with Crippen molar-refractivity contribution in [1.29, 1.82) is 0 Å². The lowest BCUT2D eigenvalue weighted by molar-refractivity contribution is 0.170. The van der Waals surface area contributed by atoms with Gasteiger partial charge in [0.25, 0.3) is 0 Å². The summed E-state index contributed by atoms with van der Waals surface area (Å²) < 4.78 is 12.2. The molecular weight excluding hydrogens is 270 g/mol. The summed E-state index contributed by atoms with van der Waals surface area (Å²) in [7, 11) is 0. The number of rotatable bonds is 2. The highest BCUT2D eigenvalue weighted by Gasteiger charge is 2.45. The Bertz CT molecular complexity index is 429. The Labute approximate surface area is 103 Å². The molecule has 2 aliphatic rings. The van der Waals surface area contributed by atoms with Gasteiger partial charge in [-0.2, -0.15) is 0 Å². The summed E-state index contributed by atoms with van der Waals surface area (Å²) in [5, 5.41) is 0. The molecule has 0 atom stereocenters. The number of ether oxygens (including phenoxy) is 2. The predicted octanol–water partition coefficient (Wildman–Crippen LogP) is 2.21. The van der Waals surface area contributed by atoms with E-state index in [-0.39, 0.29) is 5.41 Å². The van der Waals surface area contributed by atoms with Crippen molar-refractivity contribution in [3.05, 3.63) is 22.2 Å². The summed E-state index contributed by atoms with van der Waals surface area (Å²) in [5.41, 5.74) is 7.29. The molecule has 0 spiro atoms. The second-order valence-electron chi connectivity index (χ2n) is 4.44. The van der Waals surface area contributed by atoms with E-state index in [1.807, 2.05) is 6.07 Å². The van der Waals surface area contributed by atoms with Crippen molar-refractivity contribution < 1.29 is 9.47 Å². The molecule has 3 rings (SSSR count). The molecule has 86 valence electrons. The average molecular weight is 284 g/mol. The van der Waals surface area contributed by atoms with Crippen LogP contribution >= 0.6 is 15.9 Å². The van der Waals surface area contributed by atoms with Crippen LogP contribution in [0.25, 0.3) is 0 Å². The van der Waals surface area contributed by atoms with Crippen LogP contribution in [0.1, 0.15) is 18.4 Å². The first kappa shape index (κ1) is 10.4. The second kappa shape index (κ2) is 3.64. The normalized spacial score (nSPS) is 20.6. The zero-order valence-corrected chi connectivity index (χ0v) is 10.5. The van der Waals surface area contributed by atoms with E-state index in [1.54, 1.807) is 0 Å². The molecule has 4 heteroatoms. The Morgan fingerprint density at radius 1 is 1.25 bits per heavy atom. The van der Waals surface area contributed by atoms with Gasteiger partial charge in [-0.3, -0.25) is 0 Å². The number of nitrogens with two attached hydrogens (primary N) is 1. The Morgan fingerprint density at radius 3 is 2.69 bits per heavy atom. The zero-order valence-electron chi connectivity index (χ0n) is 8.96. The maximum atomic E-state index is 5.85. The first-order chi connectivity index (χ1) is 7.77. The van der Waals surface area contributed by atoms with Crippen LogP contribution in [0.4, 0.5) is 0 Å². The average Bonchev–Trinajstić information content (AvgIpc) is 3.11. The number of benzene rings is 1. The first-order valence-electron chi connectivity index (χ1n) is 5.55. The van der Waals surface area contributed by atoms with Gasteiger partial charge in [0, 0.05) is 12.0 Å². The van der Waals surface area contributed by atoms with Crippen molar-refractivity contribution in [2.24, 2.45) is 5.73 Å². The van der Waals surface area contributed by atoms with Gasteiger partial charge in [-0.15, -0.1) is 0 Å². The Kier molecular flexibility index (Phi) is 2.37. The lowest BCUT2D eigenvalue weighted by Gasteiger charge is -2.23. The van der Waals surface area contributed by atoms with Crippen LogP contribution in [0, 0.1) is 0 Å². The topological polar surface area (TPSA) is 44.5 Å². The molecule has 3 nitrogen and oxygen atoms in total. The van der Waals surface area contributed by atoms with Gasteiger partial charge in [0.15, 0.2) is 11.5 Å². The number of halogens is 1. The van der Waals surface area contributed by atoms with E-state index in [0.717, 1.165) is 16.0 Å². The molecule has 1 saturated carbocycles. The molecule has 0 aromatic heterocycles. The fraction of sp³-hybridized carbons (Fsp3) is 0.500. The van der Waals surface area contributed by atoms with Gasteiger partial charge in [-0.05, 0) is 40.4 Å². The summed E-state index contributed by atoms with van der Waals surface area (Å²) in [5.74, 6) is 1.66. The minimum Gasteiger partial charge on any atom is -0.486 e. The molecule has 0 amide bonds. The highest BCUT2D eigenvalue weighted by atomic mass is 79.9. The minimum absolute atomic E-state index is 0.175. The van der Waals surface area contributed by atoms with Gasteiger partial charge >= 0.3 is 0 Å². The van der Waals surface area contributed by atoms with E-state index in [4.69, 9.17) is 15.2 Å². The van der Waals surface area contributed by atoms with Crippen molar-refractivity contribution >= 4 is 15.9 Å². The maximum Gasteiger partial charge on any atom is 0.175 e. The van der Waals surface area contributed by atoms with Gasteiger partial charge in [-0.1, -0.05) is 6.07 Å². The maximum absolute atomic E-state index is 5.85. The summed E-state index contributed by atoms with van der Waals surface area (Å²) >= 11 is 3.62. The summed E-state index contributed by atoms with van der Waals surface area (Å²) in [4.78, 5) is 0. The first-order valence-corrected chi connectivity index (χ1v) is 6.35. The van der Waals surface area contributed by atoms with E-state index >= 15 is 0 Å². The Hall–Kier alpha value is -0.740. The zero-order chi connectivity index (χ0) is 11.2. The third-order valence-corrected chi connectivity index (χ3v) is 4.25. The molecule has 1 aromatic rings. The summed E-state index contributed by atoms with van der Waals surface area (Å²) in [6, 6.07) is 4.10. The van der Waals surface area contributed by atoms with E-state index in [2.05, 4.69) is 22.0 Å². The fourth-order valence-electron chi connectivity index (χ4n) is 2.23. The molecule has 2 N–H and O–H groups in total. The third-order valence-electron chi connectivity index (χ3n) is 3.46. The van der Waals surface area contributed by atoms with Crippen molar-refractivity contribution in [1.82, 2.24) is 0 Å². The van der Waals surface area contributed by atoms with E-state index in [9.17, 15) is 0 Å². The SMILES string of the molecule is NCC1(c2ccc3c(c2Br)OCCO3)CC1. The largest absolute Gasteiger partial charge is 0.486 e. The van der Waals surface area contributed by atoms with Crippen molar-refractivity contribution in [3.63, 3.8) is 0 Å². The van der Waals surface area contributed by atoms with Crippen LogP contribution in [0.15, 0.2) is 16.6 Å². The summed E-state index contributed by atoms with van der Waals surface area (Å²) in [6.07, 6.45) is 2.34. The highest BCUT2D eigenvalue weighted by molar-refractivity contribution is 9.10. The lowest BCUT2D eigenvalue weighted by Crippen LogP contribution is -2.22. The molecule has 0 bridgehead atoms. The summed E-state index contributed by atoms with van der Waals surface area (Å²) in [6.45, 7) is 1.94. The molecule has 1 fully saturated rings. The minimum atomic E-state index is 0.175. The van der Waals surface area contributed by atoms with Gasteiger partial charge in [0.1, 0.15) is 13.2 Å². The van der Waals surface area contributed by atoms with Crippen molar-refractivity contribution in [2.75, 3.05) is 19.8 Å². The van der Waals surface area contributed by atoms with Crippen LogP contribution < -0.4 is 15.2 Å². The number of hydrogen-bond acceptors (Lipinski definition) is 3. The lowest BCUT2D eigenvalue weighted by atomic mass is 9.95. The van der Waals surface area contributed by atoms with Crippen molar-refractivity contribution in [3.8, 4) is 11.5 Å². The molecule has 16 heavy (non-hydrogen) atoms. The van der Waals surface area contributed by atoms with Gasteiger partial charge in [0.2, 0.25) is 0 Å². The second-order valence-corrected chi connectivity index (χ2v) is 5.23. The van der Waals surface area contributed by atoms with Crippen LogP contribution in [-0.4, -0.2) is 19.8 Å². The molecule has 1 heterocycles. The smallest absolute Gasteiger partial charge is 0.175 e. The van der Waals surface area contributed by atoms with Gasteiger partial charge in [-0.25, -0.2) is 0 Å². The van der Waals surface area contributed by atoms with E-state index in [1.165, 1.54) is 18.4 Å². The van der Waals surface area contributed by atoms with Crippen molar-refractivity contribution in [2.45, 2.75) is 18.3 Å². The Morgan fingerprint density at radius 2 is 2.00 bits per heavy atom. The molecular formula is C12H14BrNO2. The monoisotopic (exact) mass is 283 g/mol. The van der Waals surface area contributed by atoms with Crippen LogP contribution in [-0.2, 0) is 5.41 Å². The third kappa shape index (κ3) is 1.44. The van der Waals surface area contributed by atoms with Crippen LogP contribution in [0.3, 0.4) is 0 Å². The quantitative estimate of drug-likeness (QED) is 0.905.